The summed E-state index contributed by atoms with van der Waals surface area (Å²) in [5.41, 5.74) is 2.45. The lowest BCUT2D eigenvalue weighted by molar-refractivity contribution is -0.137. The maximum Gasteiger partial charge on any atom is 0.416 e. The second kappa shape index (κ2) is 10.5. The summed E-state index contributed by atoms with van der Waals surface area (Å²) in [6.45, 7) is 7.71. The standard InChI is InChI=1S/C26H30F3N3O3/c1-15-10-21(30-23(33)8-7-9-32(5)6)11-16(2)25(15)34-22-13-19(12-20(14-22)26(27,28)29)24-17(3)31-35-18(24)4/h10-14H,7-9H2,1-6H3,(H,30,33). The molecular formula is C26H30F3N3O3. The molecule has 0 aliphatic rings. The summed E-state index contributed by atoms with van der Waals surface area (Å²) in [6.07, 6.45) is -3.43. The van der Waals surface area contributed by atoms with Crippen LogP contribution in [0.1, 0.15) is 41.0 Å². The topological polar surface area (TPSA) is 67.6 Å². The van der Waals surface area contributed by atoms with Crippen molar-refractivity contribution in [2.24, 2.45) is 0 Å². The fraction of sp³-hybridized carbons (Fsp3) is 0.385. The van der Waals surface area contributed by atoms with E-state index in [1.807, 2.05) is 19.0 Å². The highest BCUT2D eigenvalue weighted by molar-refractivity contribution is 5.91. The van der Waals surface area contributed by atoms with Gasteiger partial charge in [0.25, 0.3) is 0 Å². The Morgan fingerprint density at radius 3 is 2.26 bits per heavy atom. The molecule has 6 nitrogen and oxygen atoms in total. The van der Waals surface area contributed by atoms with Crippen molar-refractivity contribution in [3.05, 3.63) is 58.5 Å². The van der Waals surface area contributed by atoms with Crippen molar-refractivity contribution in [3.8, 4) is 22.6 Å². The first kappa shape index (κ1) is 26.3. The van der Waals surface area contributed by atoms with E-state index >= 15 is 0 Å². The third-order valence-electron chi connectivity index (χ3n) is 5.53. The smallest absolute Gasteiger partial charge is 0.416 e. The van der Waals surface area contributed by atoms with Crippen molar-refractivity contribution in [1.29, 1.82) is 0 Å². The number of amides is 1. The van der Waals surface area contributed by atoms with Crippen molar-refractivity contribution in [1.82, 2.24) is 10.1 Å². The van der Waals surface area contributed by atoms with E-state index in [2.05, 4.69) is 10.5 Å². The Labute approximate surface area is 203 Å². The molecule has 2 aromatic carbocycles. The Kier molecular flexibility index (Phi) is 7.90. The number of halogens is 3. The average molecular weight is 490 g/mol. The number of aryl methyl sites for hydroxylation is 4. The number of nitrogens with zero attached hydrogens (tertiary/aromatic N) is 2. The molecule has 0 atom stereocenters. The van der Waals surface area contributed by atoms with Gasteiger partial charge >= 0.3 is 6.18 Å². The van der Waals surface area contributed by atoms with Gasteiger partial charge < -0.3 is 19.5 Å². The van der Waals surface area contributed by atoms with Crippen LogP contribution in [0, 0.1) is 27.7 Å². The first-order chi connectivity index (χ1) is 16.3. The Morgan fingerprint density at radius 1 is 1.06 bits per heavy atom. The lowest BCUT2D eigenvalue weighted by Gasteiger charge is -2.17. The fourth-order valence-corrected chi connectivity index (χ4v) is 3.94. The Morgan fingerprint density at radius 2 is 1.71 bits per heavy atom. The first-order valence-corrected chi connectivity index (χ1v) is 11.2. The predicted octanol–water partition coefficient (Wildman–Crippen LogP) is 6.67. The summed E-state index contributed by atoms with van der Waals surface area (Å²) in [6, 6.07) is 7.07. The number of hydrogen-bond donors (Lipinski definition) is 1. The van der Waals surface area contributed by atoms with Crippen LogP contribution in [0.2, 0.25) is 0 Å². The Hall–Kier alpha value is -3.33. The van der Waals surface area contributed by atoms with Crippen LogP contribution in [-0.2, 0) is 11.0 Å². The van der Waals surface area contributed by atoms with E-state index in [0.29, 0.717) is 51.6 Å². The number of benzene rings is 2. The zero-order valence-corrected chi connectivity index (χ0v) is 20.8. The molecule has 1 amide bonds. The van der Waals surface area contributed by atoms with E-state index in [4.69, 9.17) is 9.26 Å². The number of ether oxygens (including phenoxy) is 1. The van der Waals surface area contributed by atoms with Crippen LogP contribution in [-0.4, -0.2) is 36.6 Å². The molecule has 1 aromatic heterocycles. The van der Waals surface area contributed by atoms with Crippen molar-refractivity contribution >= 4 is 11.6 Å². The summed E-state index contributed by atoms with van der Waals surface area (Å²) in [7, 11) is 3.90. The average Bonchev–Trinajstić information content (AvgIpc) is 3.07. The van der Waals surface area contributed by atoms with Crippen LogP contribution in [0.5, 0.6) is 11.5 Å². The van der Waals surface area contributed by atoms with E-state index in [0.717, 1.165) is 25.1 Å². The zero-order valence-electron chi connectivity index (χ0n) is 20.8. The quantitative estimate of drug-likeness (QED) is 0.383. The molecule has 0 spiro atoms. The third-order valence-corrected chi connectivity index (χ3v) is 5.53. The summed E-state index contributed by atoms with van der Waals surface area (Å²) in [5.74, 6) is 0.799. The van der Waals surface area contributed by atoms with Crippen molar-refractivity contribution < 1.29 is 27.2 Å². The van der Waals surface area contributed by atoms with Gasteiger partial charge in [0.1, 0.15) is 17.3 Å². The number of rotatable bonds is 8. The minimum atomic E-state index is -4.56. The lowest BCUT2D eigenvalue weighted by Crippen LogP contribution is -2.17. The van der Waals surface area contributed by atoms with Gasteiger partial charge in [-0.15, -0.1) is 0 Å². The second-order valence-electron chi connectivity index (χ2n) is 8.94. The summed E-state index contributed by atoms with van der Waals surface area (Å²) < 4.78 is 52.1. The molecule has 3 rings (SSSR count). The number of hydrogen-bond acceptors (Lipinski definition) is 5. The van der Waals surface area contributed by atoms with E-state index < -0.39 is 11.7 Å². The first-order valence-electron chi connectivity index (χ1n) is 11.2. The van der Waals surface area contributed by atoms with Gasteiger partial charge in [-0.25, -0.2) is 0 Å². The number of aromatic nitrogens is 1. The number of anilines is 1. The van der Waals surface area contributed by atoms with Gasteiger partial charge in [0.05, 0.1) is 11.3 Å². The molecule has 188 valence electrons. The van der Waals surface area contributed by atoms with Gasteiger partial charge in [-0.05, 0) is 102 Å². The summed E-state index contributed by atoms with van der Waals surface area (Å²) in [4.78, 5) is 14.3. The monoisotopic (exact) mass is 489 g/mol. The highest BCUT2D eigenvalue weighted by Gasteiger charge is 2.32. The van der Waals surface area contributed by atoms with Gasteiger partial charge in [0.15, 0.2) is 0 Å². The summed E-state index contributed by atoms with van der Waals surface area (Å²) >= 11 is 0. The maximum absolute atomic E-state index is 13.7. The normalized spacial score (nSPS) is 11.7. The van der Waals surface area contributed by atoms with Crippen LogP contribution in [0.15, 0.2) is 34.9 Å². The summed E-state index contributed by atoms with van der Waals surface area (Å²) in [5, 5.41) is 6.73. The molecule has 35 heavy (non-hydrogen) atoms. The molecular weight excluding hydrogens is 459 g/mol. The molecule has 3 aromatic rings. The number of nitrogens with one attached hydrogen (secondary N) is 1. The van der Waals surface area contributed by atoms with Crippen LogP contribution in [0.3, 0.4) is 0 Å². The largest absolute Gasteiger partial charge is 0.457 e. The van der Waals surface area contributed by atoms with E-state index in [9.17, 15) is 18.0 Å². The SMILES string of the molecule is Cc1cc(NC(=O)CCCN(C)C)cc(C)c1Oc1cc(-c2c(C)noc2C)cc(C(F)(F)F)c1. The number of alkyl halides is 3. The number of carbonyl (C=O) groups is 1. The molecule has 0 saturated carbocycles. The fourth-order valence-electron chi connectivity index (χ4n) is 3.94. The van der Waals surface area contributed by atoms with Gasteiger partial charge in [-0.2, -0.15) is 13.2 Å². The second-order valence-corrected chi connectivity index (χ2v) is 8.94. The molecule has 0 bridgehead atoms. The molecule has 9 heteroatoms. The molecule has 0 radical (unpaired) electrons. The molecule has 0 fully saturated rings. The molecule has 0 saturated heterocycles. The lowest BCUT2D eigenvalue weighted by atomic mass is 10.0. The van der Waals surface area contributed by atoms with Gasteiger partial charge in [0.2, 0.25) is 5.91 Å². The molecule has 0 unspecified atom stereocenters. The molecule has 1 heterocycles. The highest BCUT2D eigenvalue weighted by Crippen LogP contribution is 2.40. The molecule has 1 N–H and O–H groups in total. The van der Waals surface area contributed by atoms with Crippen molar-refractivity contribution in [3.63, 3.8) is 0 Å². The maximum atomic E-state index is 13.7. The minimum Gasteiger partial charge on any atom is -0.457 e. The van der Waals surface area contributed by atoms with Gasteiger partial charge in [-0.3, -0.25) is 4.79 Å². The van der Waals surface area contributed by atoms with Gasteiger partial charge in [-0.1, -0.05) is 5.16 Å². The van der Waals surface area contributed by atoms with Gasteiger partial charge in [0, 0.05) is 17.7 Å². The highest BCUT2D eigenvalue weighted by atomic mass is 19.4. The molecule has 0 aliphatic heterocycles. The van der Waals surface area contributed by atoms with E-state index in [1.54, 1.807) is 45.9 Å². The van der Waals surface area contributed by atoms with Crippen LogP contribution in [0.4, 0.5) is 18.9 Å². The van der Waals surface area contributed by atoms with E-state index in [-0.39, 0.29) is 11.7 Å². The van der Waals surface area contributed by atoms with E-state index in [1.165, 1.54) is 0 Å². The van der Waals surface area contributed by atoms with Crippen molar-refractivity contribution in [2.75, 3.05) is 26.0 Å². The number of carbonyl (C=O) groups excluding carboxylic acids is 1. The Bertz CT molecular complexity index is 1170. The van der Waals surface area contributed by atoms with Crippen LogP contribution in [0.25, 0.3) is 11.1 Å². The van der Waals surface area contributed by atoms with Crippen molar-refractivity contribution in [2.45, 2.75) is 46.7 Å². The minimum absolute atomic E-state index is 0.0431. The van der Waals surface area contributed by atoms with Crippen LogP contribution >= 0.6 is 0 Å². The zero-order chi connectivity index (χ0) is 25.9. The molecule has 0 aliphatic carbocycles. The predicted molar refractivity (Wildman–Crippen MR) is 129 cm³/mol. The Balaban J connectivity index is 1.89. The third kappa shape index (κ3) is 6.63. The van der Waals surface area contributed by atoms with Crippen LogP contribution < -0.4 is 10.1 Å².